The summed E-state index contributed by atoms with van der Waals surface area (Å²) >= 11 is 0. The molecular weight excluding hydrogens is 463 g/mol. The van der Waals surface area contributed by atoms with E-state index in [0.717, 1.165) is 19.4 Å². The normalized spacial score (nSPS) is 18.4. The number of fused-ring (bicyclic) bond motifs is 3. The number of carbonyl (C=O) groups excluding carboxylic acids is 1. The largest absolute Gasteiger partial charge is 0.421 e. The number of H-pyrrole nitrogens is 1. The molecule has 6 rings (SSSR count). The monoisotopic (exact) mass is 490 g/mol. The molecule has 2 aliphatic rings. The molecule has 3 N–H and O–H groups in total. The van der Waals surface area contributed by atoms with E-state index in [1.54, 1.807) is 33.3 Å². The second kappa shape index (κ2) is 8.09. The molecule has 1 atom stereocenters. The number of nitrogens with one attached hydrogen (secondary N) is 1. The maximum absolute atomic E-state index is 14.9. The zero-order valence-corrected chi connectivity index (χ0v) is 20.4. The van der Waals surface area contributed by atoms with Crippen LogP contribution in [-0.2, 0) is 4.79 Å². The van der Waals surface area contributed by atoms with Crippen LogP contribution in [0.1, 0.15) is 32.0 Å². The number of nitrogens with two attached hydrogens (primary N) is 1. The van der Waals surface area contributed by atoms with Crippen molar-refractivity contribution in [3.05, 3.63) is 36.2 Å². The number of aromatic amines is 1. The molecule has 1 saturated carbocycles. The fourth-order valence-corrected chi connectivity index (χ4v) is 5.10. The molecule has 1 aliphatic heterocycles. The van der Waals surface area contributed by atoms with Crippen LogP contribution in [0.2, 0.25) is 0 Å². The van der Waals surface area contributed by atoms with Crippen molar-refractivity contribution in [1.82, 2.24) is 24.9 Å². The van der Waals surface area contributed by atoms with Crippen molar-refractivity contribution in [3.63, 3.8) is 0 Å². The van der Waals surface area contributed by atoms with Gasteiger partial charge < -0.3 is 25.3 Å². The summed E-state index contributed by atoms with van der Waals surface area (Å²) in [5, 5.41) is 1.27. The highest BCUT2D eigenvalue weighted by molar-refractivity contribution is 6.16. The molecule has 186 valence electrons. The predicted octanol–water partition coefficient (Wildman–Crippen LogP) is 3.44. The summed E-state index contributed by atoms with van der Waals surface area (Å²) in [6.45, 7) is 4.95. The van der Waals surface area contributed by atoms with Gasteiger partial charge in [0.05, 0.1) is 29.0 Å². The van der Waals surface area contributed by atoms with Gasteiger partial charge in [-0.2, -0.15) is 9.97 Å². The van der Waals surface area contributed by atoms with Crippen molar-refractivity contribution in [3.8, 4) is 11.8 Å². The van der Waals surface area contributed by atoms with E-state index in [4.69, 9.17) is 15.5 Å². The lowest BCUT2D eigenvalue weighted by Gasteiger charge is -2.19. The predicted molar refractivity (Wildman–Crippen MR) is 134 cm³/mol. The van der Waals surface area contributed by atoms with Crippen LogP contribution in [-0.4, -0.2) is 57.0 Å². The molecule has 1 amide bonds. The molecule has 1 aromatic carbocycles. The highest BCUT2D eigenvalue weighted by atomic mass is 19.1. The number of ether oxygens (including phenoxy) is 1. The topological polar surface area (TPSA) is 126 Å². The number of halogens is 1. The Hall–Kier alpha value is -3.86. The van der Waals surface area contributed by atoms with E-state index in [-0.39, 0.29) is 23.4 Å². The first-order valence-corrected chi connectivity index (χ1v) is 12.0. The first kappa shape index (κ1) is 22.6. The molecule has 4 heterocycles. The van der Waals surface area contributed by atoms with E-state index in [0.29, 0.717) is 58.0 Å². The molecule has 3 aromatic heterocycles. The minimum atomic E-state index is -0.450. The SMILES string of the molecule is CCC(=O)N(C)c1cc(F)cc2c1[nH]c1nc(Oc3cnc(C)nc3)nc(N3CC(N)C4(CC4)C3)c12. The summed E-state index contributed by atoms with van der Waals surface area (Å²) in [5.41, 5.74) is 8.12. The molecule has 0 bridgehead atoms. The maximum Gasteiger partial charge on any atom is 0.326 e. The lowest BCUT2D eigenvalue weighted by Crippen LogP contribution is -2.30. The summed E-state index contributed by atoms with van der Waals surface area (Å²) < 4.78 is 20.8. The number of aryl methyl sites for hydroxylation is 1. The van der Waals surface area contributed by atoms with E-state index >= 15 is 0 Å². The molecule has 1 aliphatic carbocycles. The van der Waals surface area contributed by atoms with E-state index in [1.807, 2.05) is 0 Å². The number of anilines is 2. The number of rotatable bonds is 5. The first-order valence-electron chi connectivity index (χ1n) is 12.0. The van der Waals surface area contributed by atoms with Crippen LogP contribution in [0.5, 0.6) is 11.8 Å². The number of hydrogen-bond acceptors (Lipinski definition) is 8. The summed E-state index contributed by atoms with van der Waals surface area (Å²) in [4.78, 5) is 37.1. The van der Waals surface area contributed by atoms with Gasteiger partial charge in [0.2, 0.25) is 5.91 Å². The quantitative estimate of drug-likeness (QED) is 0.436. The first-order chi connectivity index (χ1) is 17.3. The highest BCUT2D eigenvalue weighted by Gasteiger charge is 2.54. The van der Waals surface area contributed by atoms with E-state index in [1.165, 1.54) is 17.0 Å². The fourth-order valence-electron chi connectivity index (χ4n) is 5.10. The van der Waals surface area contributed by atoms with Crippen molar-refractivity contribution in [1.29, 1.82) is 0 Å². The summed E-state index contributed by atoms with van der Waals surface area (Å²) in [6, 6.07) is 2.95. The smallest absolute Gasteiger partial charge is 0.326 e. The van der Waals surface area contributed by atoms with Gasteiger partial charge in [0.15, 0.2) is 5.75 Å². The molecule has 11 heteroatoms. The van der Waals surface area contributed by atoms with E-state index < -0.39 is 5.82 Å². The zero-order chi connectivity index (χ0) is 25.2. The molecule has 4 aromatic rings. The Kier molecular flexibility index (Phi) is 5.08. The van der Waals surface area contributed by atoms with Gasteiger partial charge in [-0.3, -0.25) is 4.79 Å². The van der Waals surface area contributed by atoms with E-state index in [2.05, 4.69) is 24.8 Å². The van der Waals surface area contributed by atoms with Crippen LogP contribution in [0.4, 0.5) is 15.9 Å². The van der Waals surface area contributed by atoms with Gasteiger partial charge in [0.25, 0.3) is 0 Å². The molecule has 2 fully saturated rings. The molecular formula is C25H27FN8O2. The van der Waals surface area contributed by atoms with Gasteiger partial charge >= 0.3 is 6.01 Å². The van der Waals surface area contributed by atoms with Crippen LogP contribution in [0.15, 0.2) is 24.5 Å². The Morgan fingerprint density at radius 1 is 1.31 bits per heavy atom. The summed E-state index contributed by atoms with van der Waals surface area (Å²) in [5.74, 6) is 1.06. The van der Waals surface area contributed by atoms with Crippen molar-refractivity contribution in [2.75, 3.05) is 29.9 Å². The molecule has 1 unspecified atom stereocenters. The molecule has 10 nitrogen and oxygen atoms in total. The summed E-state index contributed by atoms with van der Waals surface area (Å²) in [7, 11) is 1.64. The van der Waals surface area contributed by atoms with Gasteiger partial charge in [0, 0.05) is 43.4 Å². The fraction of sp³-hybridized carbons (Fsp3) is 0.400. The Morgan fingerprint density at radius 3 is 2.72 bits per heavy atom. The lowest BCUT2D eigenvalue weighted by molar-refractivity contribution is -0.118. The third-order valence-electron chi connectivity index (χ3n) is 7.37. The number of aromatic nitrogens is 5. The average Bonchev–Trinajstić information content (AvgIpc) is 3.45. The standard InChI is InChI=1S/C25H27FN8O2/c1-4-19(35)33(3)17-8-14(26)7-16-20-22(30-21(16)17)31-24(36-15-9-28-13(2)29-10-15)32-23(20)34-11-18(27)25(12-34)5-6-25/h7-10,18H,4-6,11-12,27H2,1-3H3,(H,30,31,32). The average molecular weight is 491 g/mol. The van der Waals surface area contributed by atoms with Crippen molar-refractivity contribution >= 4 is 39.3 Å². The number of carbonyl (C=O) groups is 1. The number of amides is 1. The maximum atomic E-state index is 14.9. The van der Waals surface area contributed by atoms with Gasteiger partial charge in [-0.1, -0.05) is 6.92 Å². The zero-order valence-electron chi connectivity index (χ0n) is 20.4. The van der Waals surface area contributed by atoms with Gasteiger partial charge in [-0.15, -0.1) is 0 Å². The Labute approximate surface area is 206 Å². The van der Waals surface area contributed by atoms with Gasteiger partial charge in [-0.25, -0.2) is 14.4 Å². The minimum Gasteiger partial charge on any atom is -0.421 e. The second-order valence-electron chi connectivity index (χ2n) is 9.75. The Morgan fingerprint density at radius 2 is 2.06 bits per heavy atom. The van der Waals surface area contributed by atoms with Crippen LogP contribution in [0, 0.1) is 18.2 Å². The van der Waals surface area contributed by atoms with Gasteiger partial charge in [0.1, 0.15) is 23.1 Å². The van der Waals surface area contributed by atoms with Gasteiger partial charge in [-0.05, 0) is 31.9 Å². The molecule has 1 saturated heterocycles. The van der Waals surface area contributed by atoms with E-state index in [9.17, 15) is 9.18 Å². The van der Waals surface area contributed by atoms with Crippen molar-refractivity contribution in [2.24, 2.45) is 11.1 Å². The highest BCUT2D eigenvalue weighted by Crippen LogP contribution is 2.53. The van der Waals surface area contributed by atoms with Crippen LogP contribution >= 0.6 is 0 Å². The number of nitrogens with zero attached hydrogens (tertiary/aromatic N) is 6. The number of hydrogen-bond donors (Lipinski definition) is 2. The van der Waals surface area contributed by atoms with Crippen LogP contribution in [0.25, 0.3) is 21.9 Å². The molecule has 36 heavy (non-hydrogen) atoms. The molecule has 1 spiro atoms. The minimum absolute atomic E-state index is 0.0307. The second-order valence-corrected chi connectivity index (χ2v) is 9.75. The molecule has 0 radical (unpaired) electrons. The summed E-state index contributed by atoms with van der Waals surface area (Å²) in [6.07, 6.45) is 5.58. The number of benzene rings is 1. The van der Waals surface area contributed by atoms with Crippen molar-refractivity contribution in [2.45, 2.75) is 39.2 Å². The Balaban J connectivity index is 1.55. The third kappa shape index (κ3) is 3.62. The lowest BCUT2D eigenvalue weighted by atomic mass is 10.0. The van der Waals surface area contributed by atoms with Crippen LogP contribution in [0.3, 0.4) is 0 Å². The van der Waals surface area contributed by atoms with Crippen molar-refractivity contribution < 1.29 is 13.9 Å². The Bertz CT molecular complexity index is 1500. The van der Waals surface area contributed by atoms with Crippen LogP contribution < -0.4 is 20.3 Å². The third-order valence-corrected chi connectivity index (χ3v) is 7.37.